The molecule has 0 saturated carbocycles. The van der Waals surface area contributed by atoms with Gasteiger partial charge in [0.15, 0.2) is 0 Å². The molecule has 9 heteroatoms. The molecule has 0 bridgehead atoms. The smallest absolute Gasteiger partial charge is 0.222 e. The molecular weight excluding hydrogens is 392 g/mol. The quantitative estimate of drug-likeness (QED) is 0.498. The van der Waals surface area contributed by atoms with Gasteiger partial charge in [-0.2, -0.15) is 0 Å². The van der Waals surface area contributed by atoms with Crippen molar-refractivity contribution in [2.45, 2.75) is 6.92 Å². The monoisotopic (exact) mass is 409 g/mol. The number of hydrogen-bond acceptors (Lipinski definition) is 5. The van der Waals surface area contributed by atoms with Crippen molar-refractivity contribution in [1.29, 1.82) is 0 Å². The Morgan fingerprint density at radius 1 is 1.07 bits per heavy atom. The summed E-state index contributed by atoms with van der Waals surface area (Å²) in [7, 11) is 1.77. The molecule has 0 saturated heterocycles. The van der Waals surface area contributed by atoms with E-state index in [0.717, 1.165) is 11.6 Å². The normalized spacial score (nSPS) is 10.8. The summed E-state index contributed by atoms with van der Waals surface area (Å²) < 4.78 is 34.7. The molecule has 152 valence electrons. The van der Waals surface area contributed by atoms with Crippen molar-refractivity contribution in [3.05, 3.63) is 66.4 Å². The Kier molecular flexibility index (Phi) is 5.01. The van der Waals surface area contributed by atoms with E-state index in [1.165, 1.54) is 25.3 Å². The first-order chi connectivity index (χ1) is 14.4. The number of halogens is 2. The molecule has 0 aliphatic heterocycles. The SMILES string of the molecule is CC(=O)Nc1cc(Oc2ccc3nc(Nc4ccc(F)cc4F)n(C)c3c2)ccn1. The summed E-state index contributed by atoms with van der Waals surface area (Å²) in [6.45, 7) is 1.40. The van der Waals surface area contributed by atoms with Crippen LogP contribution < -0.4 is 15.4 Å². The minimum absolute atomic E-state index is 0.119. The van der Waals surface area contributed by atoms with Crippen molar-refractivity contribution >= 4 is 34.4 Å². The number of anilines is 3. The number of amides is 1. The number of rotatable bonds is 5. The number of pyridine rings is 1. The maximum atomic E-state index is 14.0. The van der Waals surface area contributed by atoms with Crippen LogP contribution in [-0.4, -0.2) is 20.4 Å². The third kappa shape index (κ3) is 4.04. The zero-order chi connectivity index (χ0) is 21.3. The van der Waals surface area contributed by atoms with E-state index in [-0.39, 0.29) is 11.6 Å². The molecule has 7 nitrogen and oxygen atoms in total. The molecule has 2 N–H and O–H groups in total. The second-order valence-corrected chi connectivity index (χ2v) is 6.55. The Morgan fingerprint density at radius 3 is 2.63 bits per heavy atom. The molecule has 0 unspecified atom stereocenters. The van der Waals surface area contributed by atoms with Crippen LogP contribution in [0.2, 0.25) is 0 Å². The molecule has 2 aromatic heterocycles. The van der Waals surface area contributed by atoms with Gasteiger partial charge in [0.25, 0.3) is 0 Å². The number of aryl methyl sites for hydroxylation is 1. The Morgan fingerprint density at radius 2 is 1.87 bits per heavy atom. The topological polar surface area (TPSA) is 81.1 Å². The van der Waals surface area contributed by atoms with Crippen molar-refractivity contribution in [1.82, 2.24) is 14.5 Å². The number of imidazole rings is 1. The maximum absolute atomic E-state index is 14.0. The third-order valence-electron chi connectivity index (χ3n) is 4.30. The zero-order valence-electron chi connectivity index (χ0n) is 16.1. The Labute approximate surface area is 170 Å². The van der Waals surface area contributed by atoms with Crippen LogP contribution in [0.15, 0.2) is 54.7 Å². The molecule has 0 atom stereocenters. The Balaban J connectivity index is 1.60. The van der Waals surface area contributed by atoms with Crippen LogP contribution in [0.3, 0.4) is 0 Å². The summed E-state index contributed by atoms with van der Waals surface area (Å²) in [6.07, 6.45) is 1.53. The van der Waals surface area contributed by atoms with Gasteiger partial charge in [-0.05, 0) is 30.3 Å². The number of ether oxygens (including phenoxy) is 1. The van der Waals surface area contributed by atoms with Gasteiger partial charge in [-0.1, -0.05) is 0 Å². The van der Waals surface area contributed by atoms with E-state index in [9.17, 15) is 13.6 Å². The summed E-state index contributed by atoms with van der Waals surface area (Å²) in [6, 6.07) is 11.9. The zero-order valence-corrected chi connectivity index (χ0v) is 16.1. The molecule has 0 fully saturated rings. The molecule has 0 aliphatic rings. The fraction of sp³-hybridized carbons (Fsp3) is 0.0952. The predicted molar refractivity (Wildman–Crippen MR) is 109 cm³/mol. The molecule has 0 spiro atoms. The lowest BCUT2D eigenvalue weighted by molar-refractivity contribution is -0.114. The predicted octanol–water partition coefficient (Wildman–Crippen LogP) is 4.74. The lowest BCUT2D eigenvalue weighted by Gasteiger charge is -2.09. The number of fused-ring (bicyclic) bond motifs is 1. The molecule has 4 rings (SSSR count). The minimum Gasteiger partial charge on any atom is -0.457 e. The molecule has 2 heterocycles. The summed E-state index contributed by atoms with van der Waals surface area (Å²) in [4.78, 5) is 19.7. The molecule has 4 aromatic rings. The van der Waals surface area contributed by atoms with Gasteiger partial charge in [0.1, 0.15) is 29.0 Å². The van der Waals surface area contributed by atoms with Gasteiger partial charge in [0.2, 0.25) is 11.9 Å². The summed E-state index contributed by atoms with van der Waals surface area (Å²) in [5.74, 6) is 0.237. The van der Waals surface area contributed by atoms with Crippen LogP contribution in [0, 0.1) is 11.6 Å². The third-order valence-corrected chi connectivity index (χ3v) is 4.30. The van der Waals surface area contributed by atoms with E-state index in [2.05, 4.69) is 20.6 Å². The van der Waals surface area contributed by atoms with Crippen molar-refractivity contribution in [2.24, 2.45) is 7.05 Å². The molecule has 1 amide bonds. The number of benzene rings is 2. The van der Waals surface area contributed by atoms with E-state index in [1.54, 1.807) is 41.9 Å². The average Bonchev–Trinajstić information content (AvgIpc) is 2.99. The van der Waals surface area contributed by atoms with E-state index in [1.807, 2.05) is 0 Å². The highest BCUT2D eigenvalue weighted by Gasteiger charge is 2.12. The molecule has 30 heavy (non-hydrogen) atoms. The van der Waals surface area contributed by atoms with Crippen LogP contribution in [-0.2, 0) is 11.8 Å². The van der Waals surface area contributed by atoms with Crippen molar-refractivity contribution < 1.29 is 18.3 Å². The van der Waals surface area contributed by atoms with E-state index in [0.29, 0.717) is 28.8 Å². The first-order valence-corrected chi connectivity index (χ1v) is 8.99. The van der Waals surface area contributed by atoms with Crippen LogP contribution in [0.4, 0.5) is 26.2 Å². The lowest BCUT2D eigenvalue weighted by atomic mass is 10.3. The van der Waals surface area contributed by atoms with Crippen LogP contribution >= 0.6 is 0 Å². The van der Waals surface area contributed by atoms with Crippen LogP contribution in [0.5, 0.6) is 11.5 Å². The summed E-state index contributed by atoms with van der Waals surface area (Å²) >= 11 is 0. The van der Waals surface area contributed by atoms with E-state index >= 15 is 0 Å². The number of carbonyl (C=O) groups is 1. The van der Waals surface area contributed by atoms with Crippen LogP contribution in [0.1, 0.15) is 6.92 Å². The van der Waals surface area contributed by atoms with Gasteiger partial charge in [-0.25, -0.2) is 18.7 Å². The van der Waals surface area contributed by atoms with Crippen LogP contribution in [0.25, 0.3) is 11.0 Å². The summed E-state index contributed by atoms with van der Waals surface area (Å²) in [5.41, 5.74) is 1.53. The van der Waals surface area contributed by atoms with Gasteiger partial charge >= 0.3 is 0 Å². The number of nitrogens with zero attached hydrogens (tertiary/aromatic N) is 3. The van der Waals surface area contributed by atoms with Gasteiger partial charge in [-0.3, -0.25) is 4.79 Å². The lowest BCUT2D eigenvalue weighted by Crippen LogP contribution is -2.07. The number of carbonyl (C=O) groups excluding carboxylic acids is 1. The number of aromatic nitrogens is 3. The highest BCUT2D eigenvalue weighted by atomic mass is 19.1. The van der Waals surface area contributed by atoms with Gasteiger partial charge in [0, 0.05) is 38.4 Å². The highest BCUT2D eigenvalue weighted by molar-refractivity contribution is 5.87. The first kappa shape index (κ1) is 19.3. The van der Waals surface area contributed by atoms with Crippen molar-refractivity contribution in [3.63, 3.8) is 0 Å². The number of hydrogen-bond donors (Lipinski definition) is 2. The second-order valence-electron chi connectivity index (χ2n) is 6.55. The number of nitrogens with one attached hydrogen (secondary N) is 2. The van der Waals surface area contributed by atoms with Gasteiger partial charge in [0.05, 0.1) is 16.7 Å². The standard InChI is InChI=1S/C21H17F2N5O2/c1-12(29)25-20-11-15(7-8-24-20)30-14-4-6-18-19(10-14)28(2)21(27-18)26-17-5-3-13(22)9-16(17)23/h3-11H,1-2H3,(H,26,27)(H,24,25,29). The highest BCUT2D eigenvalue weighted by Crippen LogP contribution is 2.29. The first-order valence-electron chi connectivity index (χ1n) is 8.99. The maximum Gasteiger partial charge on any atom is 0.222 e. The van der Waals surface area contributed by atoms with E-state index in [4.69, 9.17) is 4.74 Å². The molecular formula is C21H17F2N5O2. The van der Waals surface area contributed by atoms with Gasteiger partial charge < -0.3 is 19.9 Å². The average molecular weight is 409 g/mol. The largest absolute Gasteiger partial charge is 0.457 e. The van der Waals surface area contributed by atoms with Gasteiger partial charge in [-0.15, -0.1) is 0 Å². The molecule has 2 aromatic carbocycles. The second kappa shape index (κ2) is 7.78. The Bertz CT molecular complexity index is 1260. The Hall–Kier alpha value is -4.01. The fourth-order valence-corrected chi connectivity index (χ4v) is 2.92. The minimum atomic E-state index is -0.709. The molecule has 0 aliphatic carbocycles. The molecule has 0 radical (unpaired) electrons. The fourth-order valence-electron chi connectivity index (χ4n) is 2.92. The van der Waals surface area contributed by atoms with Crippen molar-refractivity contribution in [2.75, 3.05) is 10.6 Å². The van der Waals surface area contributed by atoms with Crippen molar-refractivity contribution in [3.8, 4) is 11.5 Å². The van der Waals surface area contributed by atoms with E-state index < -0.39 is 11.6 Å². The summed E-state index contributed by atoms with van der Waals surface area (Å²) in [5, 5.41) is 5.47.